The van der Waals surface area contributed by atoms with Crippen molar-refractivity contribution in [2.75, 3.05) is 26.1 Å². The lowest BCUT2D eigenvalue weighted by atomic mass is 9.80. The van der Waals surface area contributed by atoms with Crippen LogP contribution in [0.2, 0.25) is 0 Å². The second kappa shape index (κ2) is 15.7. The van der Waals surface area contributed by atoms with Crippen LogP contribution in [0, 0.1) is 0 Å². The summed E-state index contributed by atoms with van der Waals surface area (Å²) >= 11 is 0. The van der Waals surface area contributed by atoms with Gasteiger partial charge in [-0.15, -0.1) is 12.4 Å². The minimum atomic E-state index is -1.47. The van der Waals surface area contributed by atoms with E-state index < -0.39 is 19.0 Å². The van der Waals surface area contributed by atoms with Gasteiger partial charge in [-0.2, -0.15) is 0 Å². The third-order valence-corrected chi connectivity index (χ3v) is 5.35. The molecule has 0 saturated carbocycles. The van der Waals surface area contributed by atoms with Crippen LogP contribution >= 0.6 is 12.4 Å². The highest BCUT2D eigenvalue weighted by Crippen LogP contribution is 2.29. The molecule has 1 aromatic heterocycles. The van der Waals surface area contributed by atoms with Gasteiger partial charge in [0.1, 0.15) is 11.5 Å². The van der Waals surface area contributed by atoms with Crippen LogP contribution < -0.4 is 25.0 Å². The summed E-state index contributed by atoms with van der Waals surface area (Å²) in [6, 6.07) is 24.0. The molecule has 10 nitrogen and oxygen atoms in total. The summed E-state index contributed by atoms with van der Waals surface area (Å²) in [5.74, 6) is -0.105. The Morgan fingerprint density at radius 3 is 2.08 bits per heavy atom. The molecule has 1 amide bonds. The molecule has 0 aliphatic carbocycles. The third kappa shape index (κ3) is 8.74. The number of nitrogens with zero attached hydrogens (tertiary/aromatic N) is 1. The normalized spacial score (nSPS) is 9.70. The Bertz CT molecular complexity index is 1400. The van der Waals surface area contributed by atoms with Crippen LogP contribution in [0.15, 0.2) is 91.1 Å². The molecule has 0 unspecified atom stereocenters. The molecular weight excluding hydrogens is 539 g/mol. The maximum atomic E-state index is 12.1. The van der Waals surface area contributed by atoms with E-state index in [-0.39, 0.29) is 36.1 Å². The largest absolute Gasteiger partial charge is 0.497 e. The lowest BCUT2D eigenvalue weighted by Gasteiger charge is -2.10. The van der Waals surface area contributed by atoms with Crippen LogP contribution in [0.25, 0.3) is 11.1 Å². The predicted molar refractivity (Wildman–Crippen MR) is 154 cm³/mol. The molecule has 0 aliphatic rings. The number of carbonyl (C=O) groups excluding carboxylic acids is 1. The number of amides is 1. The molecule has 0 fully saturated rings. The van der Waals surface area contributed by atoms with E-state index in [2.05, 4.69) is 10.3 Å². The van der Waals surface area contributed by atoms with E-state index in [4.69, 9.17) is 29.4 Å². The molecule has 4 N–H and O–H groups in total. The number of para-hydroxylation sites is 3. The summed E-state index contributed by atoms with van der Waals surface area (Å²) in [4.78, 5) is 27.4. The van der Waals surface area contributed by atoms with Crippen LogP contribution in [0.3, 0.4) is 0 Å². The standard InChI is InChI=1S/C21H18N2O5.C7H9BO3.ClH/c1-27-18-9-5-3-6-15(18)14-10-11-20(22-12-14)28-13-19(24)23-17-8-4-2-7-16(17)21(25)26;1-11-7-5-3-2-4-6(7)8(9)10;/h2-12H,13H2,1H3,(H,23,24)(H,25,26);2-5,9-10H,1H3;1H. The molecule has 0 radical (unpaired) electrons. The number of ether oxygens (including phenoxy) is 3. The van der Waals surface area contributed by atoms with E-state index in [0.29, 0.717) is 11.2 Å². The van der Waals surface area contributed by atoms with Crippen molar-refractivity contribution < 1.29 is 39.0 Å². The van der Waals surface area contributed by atoms with Crippen LogP contribution in [0.1, 0.15) is 10.4 Å². The van der Waals surface area contributed by atoms with Crippen molar-refractivity contribution in [1.82, 2.24) is 4.98 Å². The van der Waals surface area contributed by atoms with Crippen molar-refractivity contribution in [3.8, 4) is 28.5 Å². The molecule has 208 valence electrons. The van der Waals surface area contributed by atoms with E-state index in [1.807, 2.05) is 30.3 Å². The summed E-state index contributed by atoms with van der Waals surface area (Å²) in [5.41, 5.74) is 2.35. The number of carbonyl (C=O) groups is 2. The Balaban J connectivity index is 0.000000394. The first-order chi connectivity index (χ1) is 18.8. The summed E-state index contributed by atoms with van der Waals surface area (Å²) in [5, 5.41) is 29.3. The number of halogens is 1. The monoisotopic (exact) mass is 566 g/mol. The van der Waals surface area contributed by atoms with Crippen LogP contribution in [-0.2, 0) is 4.79 Å². The van der Waals surface area contributed by atoms with E-state index in [1.165, 1.54) is 19.2 Å². The zero-order valence-corrected chi connectivity index (χ0v) is 22.5. The molecule has 0 atom stereocenters. The first-order valence-electron chi connectivity index (χ1n) is 11.7. The van der Waals surface area contributed by atoms with Crippen LogP contribution in [0.5, 0.6) is 17.4 Å². The topological polar surface area (TPSA) is 147 Å². The number of nitrogens with one attached hydrogen (secondary N) is 1. The average Bonchev–Trinajstić information content (AvgIpc) is 2.96. The van der Waals surface area contributed by atoms with E-state index in [0.717, 1.165) is 16.9 Å². The maximum Gasteiger partial charge on any atom is 0.492 e. The van der Waals surface area contributed by atoms with Crippen molar-refractivity contribution in [2.24, 2.45) is 0 Å². The predicted octanol–water partition coefficient (Wildman–Crippen LogP) is 3.27. The summed E-state index contributed by atoms with van der Waals surface area (Å²) in [6.07, 6.45) is 1.63. The number of aromatic carboxylic acids is 1. The van der Waals surface area contributed by atoms with Gasteiger partial charge in [0.25, 0.3) is 5.91 Å². The molecule has 1 heterocycles. The van der Waals surface area contributed by atoms with Crippen molar-refractivity contribution in [2.45, 2.75) is 0 Å². The Morgan fingerprint density at radius 1 is 0.850 bits per heavy atom. The van der Waals surface area contributed by atoms with E-state index in [9.17, 15) is 9.59 Å². The summed E-state index contributed by atoms with van der Waals surface area (Å²) in [7, 11) is 1.62. The van der Waals surface area contributed by atoms with Crippen molar-refractivity contribution in [3.63, 3.8) is 0 Å². The Morgan fingerprint density at radius 2 is 1.48 bits per heavy atom. The van der Waals surface area contributed by atoms with Gasteiger partial charge in [0.2, 0.25) is 5.88 Å². The first kappa shape index (κ1) is 31.6. The second-order valence-electron chi connectivity index (χ2n) is 7.89. The molecule has 4 rings (SSSR count). The lowest BCUT2D eigenvalue weighted by molar-refractivity contribution is -0.118. The molecule has 0 saturated heterocycles. The van der Waals surface area contributed by atoms with Crippen LogP contribution in [0.4, 0.5) is 5.69 Å². The smallest absolute Gasteiger partial charge is 0.492 e. The van der Waals surface area contributed by atoms with Gasteiger partial charge in [-0.25, -0.2) is 9.78 Å². The minimum Gasteiger partial charge on any atom is -0.497 e. The molecule has 12 heteroatoms. The average molecular weight is 567 g/mol. The Kier molecular flexibility index (Phi) is 12.5. The molecule has 3 aromatic carbocycles. The Labute approximate surface area is 237 Å². The molecular formula is C28H28BClN2O8. The van der Waals surface area contributed by atoms with Gasteiger partial charge >= 0.3 is 13.1 Å². The molecule has 4 aromatic rings. The first-order valence-corrected chi connectivity index (χ1v) is 11.7. The van der Waals surface area contributed by atoms with Crippen molar-refractivity contribution >= 4 is 42.6 Å². The van der Waals surface area contributed by atoms with Crippen molar-refractivity contribution in [3.05, 3.63) is 96.7 Å². The molecule has 40 heavy (non-hydrogen) atoms. The minimum absolute atomic E-state index is 0. The fourth-order valence-electron chi connectivity index (χ4n) is 3.49. The van der Waals surface area contributed by atoms with Gasteiger partial charge < -0.3 is 34.7 Å². The highest BCUT2D eigenvalue weighted by molar-refractivity contribution is 6.59. The molecule has 0 aliphatic heterocycles. The quantitative estimate of drug-likeness (QED) is 0.224. The van der Waals surface area contributed by atoms with Gasteiger partial charge in [0, 0.05) is 28.9 Å². The number of methoxy groups -OCH3 is 2. The van der Waals surface area contributed by atoms with Gasteiger partial charge in [-0.1, -0.05) is 48.5 Å². The maximum absolute atomic E-state index is 12.1. The van der Waals surface area contributed by atoms with Gasteiger partial charge in [0.15, 0.2) is 6.61 Å². The fourth-order valence-corrected chi connectivity index (χ4v) is 3.49. The van der Waals surface area contributed by atoms with Gasteiger partial charge in [-0.05, 0) is 30.3 Å². The fraction of sp³-hybridized carbons (Fsp3) is 0.107. The summed E-state index contributed by atoms with van der Waals surface area (Å²) < 4.78 is 15.6. The van der Waals surface area contributed by atoms with Crippen LogP contribution in [-0.4, -0.2) is 60.0 Å². The number of hydrogen-bond acceptors (Lipinski definition) is 8. The number of aromatic nitrogens is 1. The number of anilines is 1. The highest BCUT2D eigenvalue weighted by Gasteiger charge is 2.15. The second-order valence-corrected chi connectivity index (χ2v) is 7.89. The van der Waals surface area contributed by atoms with Gasteiger partial charge in [0.05, 0.1) is 25.5 Å². The number of pyridine rings is 1. The number of carboxylic acid groups (broad SMARTS) is 1. The van der Waals surface area contributed by atoms with Gasteiger partial charge in [-0.3, -0.25) is 4.79 Å². The number of benzene rings is 3. The summed E-state index contributed by atoms with van der Waals surface area (Å²) in [6.45, 7) is -0.297. The Hall–Kier alpha value is -4.58. The zero-order valence-electron chi connectivity index (χ0n) is 21.7. The number of hydrogen-bond donors (Lipinski definition) is 4. The SMILES string of the molecule is COc1ccccc1-c1ccc(OCC(=O)Nc2ccccc2C(=O)O)nc1.COc1ccccc1B(O)O.Cl. The number of carboxylic acids is 1. The molecule has 0 spiro atoms. The number of rotatable bonds is 9. The zero-order chi connectivity index (χ0) is 28.2. The van der Waals surface area contributed by atoms with E-state index >= 15 is 0 Å². The van der Waals surface area contributed by atoms with Crippen molar-refractivity contribution in [1.29, 1.82) is 0 Å². The lowest BCUT2D eigenvalue weighted by Crippen LogP contribution is -2.30. The van der Waals surface area contributed by atoms with E-state index in [1.54, 1.807) is 55.8 Å². The third-order valence-electron chi connectivity index (χ3n) is 5.35. The molecule has 0 bridgehead atoms. The highest BCUT2D eigenvalue weighted by atomic mass is 35.5.